The van der Waals surface area contributed by atoms with Crippen LogP contribution in [-0.2, 0) is 4.74 Å². The molecule has 4 heterocycles. The number of aromatic amines is 1. The average molecular weight is 327 g/mol. The highest BCUT2D eigenvalue weighted by Crippen LogP contribution is 2.29. The first-order valence-corrected chi connectivity index (χ1v) is 8.78. The molecule has 0 saturated carbocycles. The molecule has 0 aliphatic carbocycles. The zero-order valence-corrected chi connectivity index (χ0v) is 14.2. The summed E-state index contributed by atoms with van der Waals surface area (Å²) in [5, 5.41) is 0. The number of likely N-dealkylation sites (tertiary alicyclic amines) is 1. The first kappa shape index (κ1) is 15.7. The van der Waals surface area contributed by atoms with Crippen molar-refractivity contribution in [1.29, 1.82) is 0 Å². The molecule has 0 bridgehead atoms. The Labute approximate surface area is 142 Å². The van der Waals surface area contributed by atoms with Crippen LogP contribution in [0, 0.1) is 0 Å². The van der Waals surface area contributed by atoms with E-state index in [0.29, 0.717) is 6.04 Å². The lowest BCUT2D eigenvalue weighted by molar-refractivity contribution is -0.0441. The average Bonchev–Trinajstić information content (AvgIpc) is 3.13. The van der Waals surface area contributed by atoms with Gasteiger partial charge in [-0.2, -0.15) is 0 Å². The van der Waals surface area contributed by atoms with E-state index in [1.807, 2.05) is 30.7 Å². The first-order chi connectivity index (χ1) is 11.8. The maximum Gasteiger partial charge on any atom is 0.126 e. The summed E-state index contributed by atoms with van der Waals surface area (Å²) >= 11 is 0. The zero-order chi connectivity index (χ0) is 16.4. The van der Waals surface area contributed by atoms with Gasteiger partial charge in [0.25, 0.3) is 0 Å². The number of ether oxygens (including phenoxy) is 1. The number of morpholine rings is 1. The molecule has 6 heteroatoms. The molecule has 1 atom stereocenters. The predicted octanol–water partition coefficient (Wildman–Crippen LogP) is 1.94. The molecule has 0 radical (unpaired) electrons. The summed E-state index contributed by atoms with van der Waals surface area (Å²) in [6.45, 7) is 4.88. The van der Waals surface area contributed by atoms with E-state index in [0.717, 1.165) is 36.8 Å². The molecule has 1 unspecified atom stereocenters. The highest BCUT2D eigenvalue weighted by molar-refractivity contribution is 5.57. The molecule has 2 aliphatic rings. The van der Waals surface area contributed by atoms with Crippen molar-refractivity contribution < 1.29 is 4.74 Å². The van der Waals surface area contributed by atoms with Gasteiger partial charge in [-0.05, 0) is 45.1 Å². The van der Waals surface area contributed by atoms with Gasteiger partial charge in [0, 0.05) is 30.5 Å². The highest BCUT2D eigenvalue weighted by atomic mass is 16.5. The fraction of sp³-hybridized carbons (Fsp3) is 0.556. The molecule has 1 N–H and O–H groups in total. The Kier molecular flexibility index (Phi) is 4.60. The van der Waals surface area contributed by atoms with Gasteiger partial charge < -0.3 is 14.6 Å². The largest absolute Gasteiger partial charge is 0.378 e. The number of hydrogen-bond acceptors (Lipinski definition) is 5. The topological polar surface area (TPSA) is 57.3 Å². The molecule has 0 aromatic carbocycles. The van der Waals surface area contributed by atoms with Crippen molar-refractivity contribution in [3.63, 3.8) is 0 Å². The summed E-state index contributed by atoms with van der Waals surface area (Å²) in [6.07, 6.45) is 8.00. The normalized spacial score (nSPS) is 24.3. The lowest BCUT2D eigenvalue weighted by atomic mass is 10.0. The third-order valence-corrected chi connectivity index (χ3v) is 5.23. The minimum absolute atomic E-state index is 0.225. The lowest BCUT2D eigenvalue weighted by Crippen LogP contribution is -2.50. The zero-order valence-electron chi connectivity index (χ0n) is 14.2. The van der Waals surface area contributed by atoms with Gasteiger partial charge in [0.15, 0.2) is 0 Å². The summed E-state index contributed by atoms with van der Waals surface area (Å²) < 4.78 is 5.77. The van der Waals surface area contributed by atoms with E-state index in [-0.39, 0.29) is 6.04 Å². The molecule has 128 valence electrons. The van der Waals surface area contributed by atoms with E-state index in [1.54, 1.807) is 0 Å². The van der Waals surface area contributed by atoms with Crippen LogP contribution < -0.4 is 0 Å². The molecule has 0 amide bonds. The van der Waals surface area contributed by atoms with Crippen LogP contribution in [-0.4, -0.2) is 70.7 Å². The second-order valence-electron chi connectivity index (χ2n) is 6.78. The Morgan fingerprint density at radius 2 is 1.96 bits per heavy atom. The van der Waals surface area contributed by atoms with Gasteiger partial charge in [-0.25, -0.2) is 4.98 Å². The van der Waals surface area contributed by atoms with Crippen LogP contribution in [0.4, 0.5) is 0 Å². The van der Waals surface area contributed by atoms with Gasteiger partial charge in [-0.1, -0.05) is 0 Å². The molecule has 24 heavy (non-hydrogen) atoms. The van der Waals surface area contributed by atoms with Crippen LogP contribution in [0.5, 0.6) is 0 Å². The number of aromatic nitrogens is 3. The molecule has 2 saturated heterocycles. The molecule has 0 spiro atoms. The van der Waals surface area contributed by atoms with Crippen molar-refractivity contribution in [2.75, 3.05) is 39.9 Å². The third kappa shape index (κ3) is 3.22. The van der Waals surface area contributed by atoms with Gasteiger partial charge in [0.1, 0.15) is 5.82 Å². The summed E-state index contributed by atoms with van der Waals surface area (Å²) in [5.74, 6) is 1.01. The number of H-pyrrole nitrogens is 1. The summed E-state index contributed by atoms with van der Waals surface area (Å²) in [6, 6.07) is 4.86. The SMILES string of the molecule is CN1CCC(N2CCOCC2c2ncc(-c3ccncc3)[nH]2)CC1. The van der Waals surface area contributed by atoms with Gasteiger partial charge in [0.05, 0.1) is 31.1 Å². The summed E-state index contributed by atoms with van der Waals surface area (Å²) in [4.78, 5) is 17.3. The van der Waals surface area contributed by atoms with Crippen molar-refractivity contribution in [2.45, 2.75) is 24.9 Å². The van der Waals surface area contributed by atoms with Crippen LogP contribution >= 0.6 is 0 Å². The quantitative estimate of drug-likeness (QED) is 0.934. The van der Waals surface area contributed by atoms with E-state index in [1.165, 1.54) is 25.9 Å². The monoisotopic (exact) mass is 327 g/mol. The van der Waals surface area contributed by atoms with Crippen LogP contribution in [0.25, 0.3) is 11.3 Å². The van der Waals surface area contributed by atoms with Crippen molar-refractivity contribution >= 4 is 0 Å². The van der Waals surface area contributed by atoms with E-state index < -0.39 is 0 Å². The molecular weight excluding hydrogens is 302 g/mol. The van der Waals surface area contributed by atoms with Gasteiger partial charge in [-0.3, -0.25) is 9.88 Å². The fourth-order valence-corrected chi connectivity index (χ4v) is 3.80. The van der Waals surface area contributed by atoms with Crippen molar-refractivity contribution in [3.05, 3.63) is 36.5 Å². The van der Waals surface area contributed by atoms with E-state index >= 15 is 0 Å². The van der Waals surface area contributed by atoms with Crippen molar-refractivity contribution in [1.82, 2.24) is 24.8 Å². The van der Waals surface area contributed by atoms with Crippen molar-refractivity contribution in [3.8, 4) is 11.3 Å². The number of hydrogen-bond donors (Lipinski definition) is 1. The van der Waals surface area contributed by atoms with Crippen LogP contribution in [0.15, 0.2) is 30.7 Å². The Balaban J connectivity index is 1.54. The van der Waals surface area contributed by atoms with E-state index in [4.69, 9.17) is 4.74 Å². The first-order valence-electron chi connectivity index (χ1n) is 8.78. The molecule has 2 aromatic heterocycles. The fourth-order valence-electron chi connectivity index (χ4n) is 3.80. The molecule has 2 aromatic rings. The molecule has 2 fully saturated rings. The number of piperidine rings is 1. The Hall–Kier alpha value is -1.76. The number of pyridine rings is 1. The van der Waals surface area contributed by atoms with Crippen LogP contribution in [0.3, 0.4) is 0 Å². The summed E-state index contributed by atoms with van der Waals surface area (Å²) in [7, 11) is 2.21. The number of imidazole rings is 1. The van der Waals surface area contributed by atoms with Crippen molar-refractivity contribution in [2.24, 2.45) is 0 Å². The van der Waals surface area contributed by atoms with E-state index in [2.05, 4.69) is 31.8 Å². The highest BCUT2D eigenvalue weighted by Gasteiger charge is 2.33. The Morgan fingerprint density at radius 3 is 2.75 bits per heavy atom. The minimum atomic E-state index is 0.225. The molecule has 6 nitrogen and oxygen atoms in total. The number of rotatable bonds is 3. The smallest absolute Gasteiger partial charge is 0.126 e. The Morgan fingerprint density at radius 1 is 1.17 bits per heavy atom. The molecule has 4 rings (SSSR count). The van der Waals surface area contributed by atoms with Crippen LogP contribution in [0.1, 0.15) is 24.7 Å². The molecular formula is C18H25N5O. The van der Waals surface area contributed by atoms with Gasteiger partial charge in [-0.15, -0.1) is 0 Å². The van der Waals surface area contributed by atoms with Gasteiger partial charge >= 0.3 is 0 Å². The second-order valence-corrected chi connectivity index (χ2v) is 6.78. The summed E-state index contributed by atoms with van der Waals surface area (Å²) in [5.41, 5.74) is 2.16. The number of nitrogens with one attached hydrogen (secondary N) is 1. The Bertz CT molecular complexity index is 650. The second kappa shape index (κ2) is 7.01. The minimum Gasteiger partial charge on any atom is -0.378 e. The third-order valence-electron chi connectivity index (χ3n) is 5.23. The predicted molar refractivity (Wildman–Crippen MR) is 92.6 cm³/mol. The van der Waals surface area contributed by atoms with Gasteiger partial charge in [0.2, 0.25) is 0 Å². The van der Waals surface area contributed by atoms with Crippen LogP contribution in [0.2, 0.25) is 0 Å². The molecule has 2 aliphatic heterocycles. The standard InChI is InChI=1S/C18H25N5O/c1-22-8-4-15(5-9-22)23-10-11-24-13-17(23)18-20-12-16(21-18)14-2-6-19-7-3-14/h2-3,6-7,12,15,17H,4-5,8-11,13H2,1H3,(H,20,21). The lowest BCUT2D eigenvalue weighted by Gasteiger charge is -2.43. The maximum atomic E-state index is 5.77. The number of nitrogens with zero attached hydrogens (tertiary/aromatic N) is 4. The maximum absolute atomic E-state index is 5.77. The van der Waals surface area contributed by atoms with E-state index in [9.17, 15) is 0 Å².